The summed E-state index contributed by atoms with van der Waals surface area (Å²) in [5, 5.41) is 4.28. The number of aromatic nitrogens is 3. The zero-order valence-electron chi connectivity index (χ0n) is 12.5. The zero-order chi connectivity index (χ0) is 14.4. The molecule has 0 unspecified atom stereocenters. The highest BCUT2D eigenvalue weighted by atomic mass is 15.2. The van der Waals surface area contributed by atoms with E-state index in [0.717, 1.165) is 18.5 Å². The Morgan fingerprint density at radius 2 is 2.05 bits per heavy atom. The summed E-state index contributed by atoms with van der Waals surface area (Å²) in [6, 6.07) is 4.10. The molecule has 0 aliphatic carbocycles. The maximum atomic E-state index is 5.84. The lowest BCUT2D eigenvalue weighted by Gasteiger charge is -2.19. The van der Waals surface area contributed by atoms with Crippen molar-refractivity contribution in [3.8, 4) is 0 Å². The zero-order valence-corrected chi connectivity index (χ0v) is 12.5. The minimum absolute atomic E-state index is 0.548. The molecule has 2 heterocycles. The van der Waals surface area contributed by atoms with Gasteiger partial charge in [0.15, 0.2) is 5.82 Å². The lowest BCUT2D eigenvalue weighted by Crippen LogP contribution is -2.25. The molecule has 0 amide bonds. The fourth-order valence-electron chi connectivity index (χ4n) is 2.58. The molecule has 0 saturated heterocycles. The molecule has 0 aliphatic heterocycles. The standard InChI is InChI=1S/C15H25N5/c1-3-10-19(4-2)11-6-5-7-13-8-9-14-15(16)17-12-18-20(13)14/h8-9,12H,3-7,10-11H2,1-2H3,(H2,16,17,18). The van der Waals surface area contributed by atoms with Gasteiger partial charge in [0.2, 0.25) is 0 Å². The topological polar surface area (TPSA) is 59.5 Å². The number of anilines is 1. The van der Waals surface area contributed by atoms with Crippen LogP contribution in [0.2, 0.25) is 0 Å². The Kier molecular flexibility index (Phi) is 5.35. The number of unbranched alkanes of at least 4 members (excludes halogenated alkanes) is 1. The van der Waals surface area contributed by atoms with Gasteiger partial charge in [-0.15, -0.1) is 0 Å². The third-order valence-electron chi connectivity index (χ3n) is 3.70. The van der Waals surface area contributed by atoms with E-state index in [0.29, 0.717) is 5.82 Å². The average Bonchev–Trinajstić information content (AvgIpc) is 2.87. The van der Waals surface area contributed by atoms with Gasteiger partial charge in [0, 0.05) is 5.69 Å². The molecule has 5 heteroatoms. The normalized spacial score (nSPS) is 11.6. The predicted molar refractivity (Wildman–Crippen MR) is 82.7 cm³/mol. The van der Waals surface area contributed by atoms with Crippen LogP contribution < -0.4 is 5.73 Å². The summed E-state index contributed by atoms with van der Waals surface area (Å²) < 4.78 is 1.91. The highest BCUT2D eigenvalue weighted by molar-refractivity contribution is 5.65. The highest BCUT2D eigenvalue weighted by Gasteiger charge is 2.06. The van der Waals surface area contributed by atoms with Crippen LogP contribution in [0.3, 0.4) is 0 Å². The second kappa shape index (κ2) is 7.24. The molecule has 0 radical (unpaired) electrons. The van der Waals surface area contributed by atoms with Crippen molar-refractivity contribution in [2.24, 2.45) is 0 Å². The first-order valence-corrected chi connectivity index (χ1v) is 7.55. The molecule has 20 heavy (non-hydrogen) atoms. The van der Waals surface area contributed by atoms with Crippen molar-refractivity contribution < 1.29 is 0 Å². The first kappa shape index (κ1) is 14.8. The second-order valence-corrected chi connectivity index (χ2v) is 5.16. The minimum Gasteiger partial charge on any atom is -0.382 e. The molecular weight excluding hydrogens is 250 g/mol. The van der Waals surface area contributed by atoms with Gasteiger partial charge in [-0.05, 0) is 57.5 Å². The molecule has 0 atom stereocenters. The summed E-state index contributed by atoms with van der Waals surface area (Å²) in [7, 11) is 0. The molecule has 0 spiro atoms. The highest BCUT2D eigenvalue weighted by Crippen LogP contribution is 2.14. The molecule has 2 aromatic heterocycles. The fraction of sp³-hybridized carbons (Fsp3) is 0.600. The van der Waals surface area contributed by atoms with E-state index >= 15 is 0 Å². The van der Waals surface area contributed by atoms with Gasteiger partial charge < -0.3 is 10.6 Å². The van der Waals surface area contributed by atoms with Crippen LogP contribution in [0.25, 0.3) is 5.52 Å². The Balaban J connectivity index is 1.86. The molecule has 0 aliphatic rings. The van der Waals surface area contributed by atoms with Crippen LogP contribution in [-0.2, 0) is 6.42 Å². The Morgan fingerprint density at radius 3 is 2.80 bits per heavy atom. The third-order valence-corrected chi connectivity index (χ3v) is 3.70. The maximum Gasteiger partial charge on any atom is 0.151 e. The van der Waals surface area contributed by atoms with Crippen LogP contribution in [0.4, 0.5) is 5.82 Å². The van der Waals surface area contributed by atoms with Gasteiger partial charge in [0.1, 0.15) is 11.8 Å². The Labute approximate surface area is 120 Å². The number of hydrogen-bond acceptors (Lipinski definition) is 4. The van der Waals surface area contributed by atoms with Crippen LogP contribution in [0.1, 0.15) is 38.8 Å². The lowest BCUT2D eigenvalue weighted by atomic mass is 10.2. The Hall–Kier alpha value is -1.62. The quantitative estimate of drug-likeness (QED) is 0.751. The van der Waals surface area contributed by atoms with Gasteiger partial charge in [0.05, 0.1) is 0 Å². The maximum absolute atomic E-state index is 5.84. The van der Waals surface area contributed by atoms with Gasteiger partial charge in [-0.2, -0.15) is 5.10 Å². The second-order valence-electron chi connectivity index (χ2n) is 5.16. The molecule has 0 fully saturated rings. The van der Waals surface area contributed by atoms with E-state index in [-0.39, 0.29) is 0 Å². The van der Waals surface area contributed by atoms with Gasteiger partial charge in [0.25, 0.3) is 0 Å². The number of nitrogens with two attached hydrogens (primary N) is 1. The van der Waals surface area contributed by atoms with Crippen molar-refractivity contribution in [3.05, 3.63) is 24.2 Å². The van der Waals surface area contributed by atoms with E-state index in [1.54, 1.807) is 0 Å². The number of hydrogen-bond donors (Lipinski definition) is 1. The van der Waals surface area contributed by atoms with Gasteiger partial charge in [-0.25, -0.2) is 9.50 Å². The van der Waals surface area contributed by atoms with Crippen LogP contribution in [0, 0.1) is 0 Å². The van der Waals surface area contributed by atoms with E-state index in [4.69, 9.17) is 5.73 Å². The van der Waals surface area contributed by atoms with E-state index in [1.165, 1.54) is 44.4 Å². The van der Waals surface area contributed by atoms with Gasteiger partial charge in [-0.1, -0.05) is 13.8 Å². The van der Waals surface area contributed by atoms with Crippen molar-refractivity contribution in [2.45, 2.75) is 39.5 Å². The number of fused-ring (bicyclic) bond motifs is 1. The van der Waals surface area contributed by atoms with Gasteiger partial charge >= 0.3 is 0 Å². The summed E-state index contributed by atoms with van der Waals surface area (Å²) in [6.45, 7) is 8.00. The molecule has 110 valence electrons. The van der Waals surface area contributed by atoms with Crippen molar-refractivity contribution in [2.75, 3.05) is 25.4 Å². The molecule has 2 rings (SSSR count). The largest absolute Gasteiger partial charge is 0.382 e. The number of aryl methyl sites for hydroxylation is 1. The molecule has 0 aromatic carbocycles. The molecule has 2 aromatic rings. The first-order chi connectivity index (χ1) is 9.76. The Morgan fingerprint density at radius 1 is 1.20 bits per heavy atom. The fourth-order valence-corrected chi connectivity index (χ4v) is 2.58. The predicted octanol–water partition coefficient (Wildman–Crippen LogP) is 2.37. The van der Waals surface area contributed by atoms with Gasteiger partial charge in [-0.3, -0.25) is 0 Å². The monoisotopic (exact) mass is 275 g/mol. The van der Waals surface area contributed by atoms with Crippen LogP contribution in [-0.4, -0.2) is 39.1 Å². The summed E-state index contributed by atoms with van der Waals surface area (Å²) in [5.74, 6) is 0.548. The Bertz CT molecular complexity index is 534. The van der Waals surface area contributed by atoms with E-state index < -0.39 is 0 Å². The minimum atomic E-state index is 0.548. The number of rotatable bonds is 8. The SMILES string of the molecule is CCCN(CC)CCCCc1ccc2c(N)ncnn12. The molecule has 0 bridgehead atoms. The number of nitrogen functional groups attached to an aromatic ring is 1. The van der Waals surface area contributed by atoms with E-state index in [2.05, 4.69) is 34.9 Å². The molecule has 5 nitrogen and oxygen atoms in total. The van der Waals surface area contributed by atoms with Crippen molar-refractivity contribution in [1.82, 2.24) is 19.5 Å². The van der Waals surface area contributed by atoms with Crippen LogP contribution >= 0.6 is 0 Å². The average molecular weight is 275 g/mol. The summed E-state index contributed by atoms with van der Waals surface area (Å²) >= 11 is 0. The van der Waals surface area contributed by atoms with E-state index in [9.17, 15) is 0 Å². The molecule has 2 N–H and O–H groups in total. The summed E-state index contributed by atoms with van der Waals surface area (Å²) in [6.07, 6.45) is 6.19. The smallest absolute Gasteiger partial charge is 0.151 e. The van der Waals surface area contributed by atoms with Crippen molar-refractivity contribution in [1.29, 1.82) is 0 Å². The van der Waals surface area contributed by atoms with Crippen molar-refractivity contribution >= 4 is 11.3 Å². The van der Waals surface area contributed by atoms with Crippen molar-refractivity contribution in [3.63, 3.8) is 0 Å². The lowest BCUT2D eigenvalue weighted by molar-refractivity contribution is 0.282. The summed E-state index contributed by atoms with van der Waals surface area (Å²) in [5.41, 5.74) is 7.96. The number of nitrogens with zero attached hydrogens (tertiary/aromatic N) is 4. The van der Waals surface area contributed by atoms with E-state index in [1.807, 2.05) is 10.6 Å². The van der Waals surface area contributed by atoms with Crippen LogP contribution in [0.15, 0.2) is 18.5 Å². The van der Waals surface area contributed by atoms with Crippen LogP contribution in [0.5, 0.6) is 0 Å². The summed E-state index contributed by atoms with van der Waals surface area (Å²) in [4.78, 5) is 6.52. The first-order valence-electron chi connectivity index (χ1n) is 7.55. The molecular formula is C15H25N5. The molecule has 0 saturated carbocycles. The third kappa shape index (κ3) is 3.48.